The Morgan fingerprint density at radius 2 is 2.05 bits per heavy atom. The summed E-state index contributed by atoms with van der Waals surface area (Å²) in [5.74, 6) is 0. The maximum atomic E-state index is 11.9. The van der Waals surface area contributed by atoms with E-state index in [0.717, 1.165) is 5.69 Å². The van der Waals surface area contributed by atoms with E-state index in [1.54, 1.807) is 32.2 Å². The van der Waals surface area contributed by atoms with Gasteiger partial charge in [-0.2, -0.15) is 4.98 Å². The smallest absolute Gasteiger partial charge is 0.348 e. The highest BCUT2D eigenvalue weighted by Gasteiger charge is 2.14. The van der Waals surface area contributed by atoms with E-state index < -0.39 is 4.92 Å². The highest BCUT2D eigenvalue weighted by Crippen LogP contribution is 2.25. The molecule has 0 fully saturated rings. The summed E-state index contributed by atoms with van der Waals surface area (Å²) in [6, 6.07) is 6.66. The fourth-order valence-electron chi connectivity index (χ4n) is 2.19. The zero-order chi connectivity index (χ0) is 15.6. The number of nitro groups is 1. The van der Waals surface area contributed by atoms with E-state index >= 15 is 0 Å². The number of aryl methyl sites for hydroxylation is 2. The van der Waals surface area contributed by atoms with Crippen LogP contribution in [0.5, 0.6) is 0 Å². The van der Waals surface area contributed by atoms with Crippen molar-refractivity contribution in [3.05, 3.63) is 61.8 Å². The molecule has 1 aromatic heterocycles. The minimum atomic E-state index is -0.446. The lowest BCUT2D eigenvalue weighted by atomic mass is 10.1. The second kappa shape index (κ2) is 5.74. The third kappa shape index (κ3) is 3.07. The van der Waals surface area contributed by atoms with Gasteiger partial charge in [-0.1, -0.05) is 6.07 Å². The third-order valence-corrected chi connectivity index (χ3v) is 3.22. The summed E-state index contributed by atoms with van der Waals surface area (Å²) in [5, 5.41) is 13.8. The van der Waals surface area contributed by atoms with Crippen LogP contribution >= 0.6 is 0 Å². The summed E-state index contributed by atoms with van der Waals surface area (Å²) in [6.45, 7) is 3.82. The van der Waals surface area contributed by atoms with Crippen molar-refractivity contribution in [1.29, 1.82) is 0 Å². The first-order chi connectivity index (χ1) is 9.92. The van der Waals surface area contributed by atoms with Gasteiger partial charge >= 0.3 is 5.69 Å². The Kier molecular flexibility index (Phi) is 4.02. The summed E-state index contributed by atoms with van der Waals surface area (Å²) in [4.78, 5) is 26.4. The number of rotatable bonds is 4. The summed E-state index contributed by atoms with van der Waals surface area (Å²) >= 11 is 0. The first-order valence-electron chi connectivity index (χ1n) is 6.42. The number of hydrogen-bond acceptors (Lipinski definition) is 5. The molecule has 0 aliphatic heterocycles. The molecule has 0 saturated carbocycles. The largest absolute Gasteiger partial charge is 0.383 e. The van der Waals surface area contributed by atoms with Crippen molar-refractivity contribution in [1.82, 2.24) is 9.55 Å². The molecular weight excluding hydrogens is 272 g/mol. The first kappa shape index (κ1) is 14.7. The van der Waals surface area contributed by atoms with Crippen molar-refractivity contribution < 1.29 is 4.92 Å². The average Bonchev–Trinajstić information content (AvgIpc) is 2.42. The molecule has 2 rings (SSSR count). The lowest BCUT2D eigenvalue weighted by Crippen LogP contribution is -2.26. The van der Waals surface area contributed by atoms with Crippen LogP contribution in [0.15, 0.2) is 29.1 Å². The quantitative estimate of drug-likeness (QED) is 0.685. The average molecular weight is 288 g/mol. The van der Waals surface area contributed by atoms with Gasteiger partial charge in [0.15, 0.2) is 0 Å². The van der Waals surface area contributed by atoms with Crippen molar-refractivity contribution in [2.45, 2.75) is 20.4 Å². The number of hydrogen-bond donors (Lipinski definition) is 1. The van der Waals surface area contributed by atoms with E-state index in [-0.39, 0.29) is 17.9 Å². The monoisotopic (exact) mass is 288 g/mol. The van der Waals surface area contributed by atoms with Crippen molar-refractivity contribution in [3.63, 3.8) is 0 Å². The van der Waals surface area contributed by atoms with E-state index in [9.17, 15) is 14.9 Å². The van der Waals surface area contributed by atoms with Gasteiger partial charge in [-0.3, -0.25) is 14.7 Å². The first-order valence-corrected chi connectivity index (χ1v) is 6.42. The van der Waals surface area contributed by atoms with Gasteiger partial charge in [0.25, 0.3) is 5.69 Å². The van der Waals surface area contributed by atoms with Gasteiger partial charge in [0.1, 0.15) is 5.69 Å². The zero-order valence-corrected chi connectivity index (χ0v) is 12.1. The second-order valence-electron chi connectivity index (χ2n) is 4.77. The molecule has 7 heteroatoms. The van der Waals surface area contributed by atoms with Crippen molar-refractivity contribution in [3.8, 4) is 0 Å². The van der Waals surface area contributed by atoms with Crippen LogP contribution in [0, 0.1) is 24.0 Å². The van der Waals surface area contributed by atoms with Gasteiger partial charge in [-0.25, -0.2) is 4.79 Å². The number of benzene rings is 1. The molecule has 1 heterocycles. The fourth-order valence-corrected chi connectivity index (χ4v) is 2.19. The Labute approximate surface area is 121 Å². The number of nitrogens with zero attached hydrogens (tertiary/aromatic N) is 3. The summed E-state index contributed by atoms with van der Waals surface area (Å²) in [6.07, 6.45) is 0. The van der Waals surface area contributed by atoms with E-state index in [1.165, 1.54) is 10.6 Å². The van der Waals surface area contributed by atoms with Crippen molar-refractivity contribution in [2.24, 2.45) is 0 Å². The molecule has 1 aromatic carbocycles. The lowest BCUT2D eigenvalue weighted by Gasteiger charge is -2.10. The minimum Gasteiger partial charge on any atom is -0.383 e. The molecule has 0 aliphatic rings. The van der Waals surface area contributed by atoms with Gasteiger partial charge in [-0.15, -0.1) is 0 Å². The van der Waals surface area contributed by atoms with Gasteiger partial charge < -0.3 is 5.32 Å². The van der Waals surface area contributed by atoms with Crippen LogP contribution in [0.1, 0.15) is 17.0 Å². The van der Waals surface area contributed by atoms with Gasteiger partial charge in [0.05, 0.1) is 11.5 Å². The molecule has 0 radical (unpaired) electrons. The van der Waals surface area contributed by atoms with Crippen molar-refractivity contribution in [2.75, 3.05) is 12.4 Å². The standard InChI is InChI=1S/C14H16N4O3/c1-9-6-10(2)17(14(19)16-9)8-11-4-5-12(15-3)13(7-11)18(20)21/h4-7,15H,8H2,1-3H3. The molecule has 0 bridgehead atoms. The Morgan fingerprint density at radius 3 is 2.62 bits per heavy atom. The third-order valence-electron chi connectivity index (χ3n) is 3.22. The Bertz CT molecular complexity index is 752. The van der Waals surface area contributed by atoms with Gasteiger partial charge in [0, 0.05) is 24.5 Å². The minimum absolute atomic E-state index is 0.0132. The SMILES string of the molecule is CNc1ccc(Cn2c(C)cc(C)nc2=O)cc1[N+](=O)[O-]. The number of aromatic nitrogens is 2. The summed E-state index contributed by atoms with van der Waals surface area (Å²) < 4.78 is 1.49. The van der Waals surface area contributed by atoms with E-state index in [1.807, 2.05) is 6.92 Å². The highest BCUT2D eigenvalue weighted by molar-refractivity contribution is 5.62. The van der Waals surface area contributed by atoms with Crippen LogP contribution in [0.2, 0.25) is 0 Å². The van der Waals surface area contributed by atoms with Crippen LogP contribution in [0.3, 0.4) is 0 Å². The Hall–Kier alpha value is -2.70. The van der Waals surface area contributed by atoms with E-state index in [0.29, 0.717) is 16.9 Å². The topological polar surface area (TPSA) is 90.1 Å². The molecule has 1 N–H and O–H groups in total. The molecule has 0 unspecified atom stereocenters. The summed E-state index contributed by atoms with van der Waals surface area (Å²) in [5.41, 5.74) is 2.18. The second-order valence-corrected chi connectivity index (χ2v) is 4.77. The normalized spacial score (nSPS) is 10.4. The van der Waals surface area contributed by atoms with Crippen LogP contribution in [-0.4, -0.2) is 21.5 Å². The molecule has 7 nitrogen and oxygen atoms in total. The molecule has 2 aromatic rings. The molecule has 0 aliphatic carbocycles. The van der Waals surface area contributed by atoms with E-state index in [4.69, 9.17) is 0 Å². The molecule has 0 saturated heterocycles. The fraction of sp³-hybridized carbons (Fsp3) is 0.286. The number of anilines is 1. The van der Waals surface area contributed by atoms with Crippen LogP contribution in [0.25, 0.3) is 0 Å². The van der Waals surface area contributed by atoms with E-state index in [2.05, 4.69) is 10.3 Å². The highest BCUT2D eigenvalue weighted by atomic mass is 16.6. The Balaban J connectivity index is 2.43. The molecule has 0 amide bonds. The van der Waals surface area contributed by atoms with Gasteiger partial charge in [0.2, 0.25) is 0 Å². The van der Waals surface area contributed by atoms with Gasteiger partial charge in [-0.05, 0) is 31.5 Å². The Morgan fingerprint density at radius 1 is 1.33 bits per heavy atom. The molecule has 21 heavy (non-hydrogen) atoms. The number of nitro benzene ring substituents is 1. The number of nitrogens with one attached hydrogen (secondary N) is 1. The maximum absolute atomic E-state index is 11.9. The molecule has 0 spiro atoms. The van der Waals surface area contributed by atoms with Crippen LogP contribution < -0.4 is 11.0 Å². The molecular formula is C14H16N4O3. The molecule has 110 valence electrons. The maximum Gasteiger partial charge on any atom is 0.348 e. The van der Waals surface area contributed by atoms with Crippen LogP contribution in [0.4, 0.5) is 11.4 Å². The van der Waals surface area contributed by atoms with Crippen molar-refractivity contribution >= 4 is 11.4 Å². The zero-order valence-electron chi connectivity index (χ0n) is 12.1. The predicted molar refractivity (Wildman–Crippen MR) is 79.7 cm³/mol. The predicted octanol–water partition coefficient (Wildman–Crippen LogP) is 1.86. The lowest BCUT2D eigenvalue weighted by molar-refractivity contribution is -0.384. The molecule has 0 atom stereocenters. The van der Waals surface area contributed by atoms with Crippen LogP contribution in [-0.2, 0) is 6.54 Å². The summed E-state index contributed by atoms with van der Waals surface area (Å²) in [7, 11) is 1.63.